The minimum Gasteiger partial charge on any atom is -0.378 e. The average molecular weight is 199 g/mol. The second kappa shape index (κ2) is 7.74. The largest absolute Gasteiger partial charge is 0.378 e. The van der Waals surface area contributed by atoms with Crippen LogP contribution in [0, 0.1) is 11.3 Å². The van der Waals surface area contributed by atoms with Gasteiger partial charge >= 0.3 is 0 Å². The van der Waals surface area contributed by atoms with Crippen molar-refractivity contribution in [2.24, 2.45) is 0 Å². The Labute approximate surface area is 84.8 Å². The highest BCUT2D eigenvalue weighted by Gasteiger charge is 2.13. The van der Waals surface area contributed by atoms with Crippen molar-refractivity contribution in [3.05, 3.63) is 0 Å². The van der Waals surface area contributed by atoms with Crippen molar-refractivity contribution in [1.82, 2.24) is 0 Å². The molecule has 1 saturated heterocycles. The van der Waals surface area contributed by atoms with E-state index in [1.807, 2.05) is 6.07 Å². The van der Waals surface area contributed by atoms with Crippen molar-refractivity contribution in [2.75, 3.05) is 26.4 Å². The van der Waals surface area contributed by atoms with Crippen molar-refractivity contribution < 1.29 is 14.2 Å². The highest BCUT2D eigenvalue weighted by molar-refractivity contribution is 4.66. The Kier molecular flexibility index (Phi) is 6.33. The number of nitriles is 1. The molecule has 0 aromatic rings. The van der Waals surface area contributed by atoms with E-state index in [9.17, 15) is 0 Å². The standard InChI is InChI=1S/C10H17NO3/c11-5-3-6-12-8-9-14-10-4-1-2-7-13-10/h10H,1-4,6-9H2. The summed E-state index contributed by atoms with van der Waals surface area (Å²) in [5, 5.41) is 8.25. The quantitative estimate of drug-likeness (QED) is 0.608. The van der Waals surface area contributed by atoms with Crippen molar-refractivity contribution in [3.8, 4) is 6.07 Å². The van der Waals surface area contributed by atoms with Gasteiger partial charge in [-0.2, -0.15) is 5.26 Å². The van der Waals surface area contributed by atoms with Crippen molar-refractivity contribution in [3.63, 3.8) is 0 Å². The van der Waals surface area contributed by atoms with E-state index in [2.05, 4.69) is 0 Å². The molecule has 1 aliphatic rings. The number of hydrogen-bond donors (Lipinski definition) is 0. The molecule has 80 valence electrons. The lowest BCUT2D eigenvalue weighted by Gasteiger charge is -2.22. The molecule has 0 spiro atoms. The summed E-state index contributed by atoms with van der Waals surface area (Å²) in [6.45, 7) is 2.39. The summed E-state index contributed by atoms with van der Waals surface area (Å²) in [7, 11) is 0. The smallest absolute Gasteiger partial charge is 0.157 e. The molecule has 0 aromatic heterocycles. The van der Waals surface area contributed by atoms with E-state index in [4.69, 9.17) is 19.5 Å². The van der Waals surface area contributed by atoms with Crippen LogP contribution in [0.5, 0.6) is 0 Å². The van der Waals surface area contributed by atoms with Gasteiger partial charge in [-0.15, -0.1) is 0 Å². The fraction of sp³-hybridized carbons (Fsp3) is 0.900. The third-order valence-electron chi connectivity index (χ3n) is 2.03. The van der Waals surface area contributed by atoms with Crippen LogP contribution >= 0.6 is 0 Å². The van der Waals surface area contributed by atoms with E-state index in [0.717, 1.165) is 19.4 Å². The van der Waals surface area contributed by atoms with Gasteiger partial charge in [0.25, 0.3) is 0 Å². The van der Waals surface area contributed by atoms with Crippen LogP contribution < -0.4 is 0 Å². The SMILES string of the molecule is N#CCCOCCOC1CCCCO1. The minimum absolute atomic E-state index is 0.0386. The van der Waals surface area contributed by atoms with Crippen LogP contribution in [0.1, 0.15) is 25.7 Å². The van der Waals surface area contributed by atoms with Gasteiger partial charge in [0.15, 0.2) is 6.29 Å². The Morgan fingerprint density at radius 2 is 2.21 bits per heavy atom. The normalized spacial score (nSPS) is 21.8. The molecule has 0 radical (unpaired) electrons. The van der Waals surface area contributed by atoms with Gasteiger partial charge in [0.2, 0.25) is 0 Å². The van der Waals surface area contributed by atoms with Crippen LogP contribution in [0.25, 0.3) is 0 Å². The zero-order valence-electron chi connectivity index (χ0n) is 8.41. The molecule has 1 rings (SSSR count). The van der Waals surface area contributed by atoms with Gasteiger partial charge in [-0.1, -0.05) is 0 Å². The van der Waals surface area contributed by atoms with Gasteiger partial charge in [0.1, 0.15) is 0 Å². The van der Waals surface area contributed by atoms with E-state index in [-0.39, 0.29) is 6.29 Å². The molecule has 14 heavy (non-hydrogen) atoms. The van der Waals surface area contributed by atoms with Gasteiger partial charge in [0.05, 0.1) is 32.3 Å². The first-order valence-electron chi connectivity index (χ1n) is 5.11. The lowest BCUT2D eigenvalue weighted by molar-refractivity contribution is -0.168. The minimum atomic E-state index is -0.0386. The van der Waals surface area contributed by atoms with Gasteiger partial charge in [-0.3, -0.25) is 0 Å². The maximum Gasteiger partial charge on any atom is 0.157 e. The molecule has 1 atom stereocenters. The first-order valence-corrected chi connectivity index (χ1v) is 5.11. The second-order valence-electron chi connectivity index (χ2n) is 3.19. The Bertz CT molecular complexity index is 173. The van der Waals surface area contributed by atoms with Gasteiger partial charge in [0, 0.05) is 6.61 Å². The Hall–Kier alpha value is -0.630. The molecule has 4 nitrogen and oxygen atoms in total. The maximum atomic E-state index is 8.25. The lowest BCUT2D eigenvalue weighted by atomic mass is 10.2. The lowest BCUT2D eigenvalue weighted by Crippen LogP contribution is -2.23. The van der Waals surface area contributed by atoms with Crippen LogP contribution in [0.2, 0.25) is 0 Å². The number of ether oxygens (including phenoxy) is 3. The summed E-state index contributed by atoms with van der Waals surface area (Å²) >= 11 is 0. The Morgan fingerprint density at radius 1 is 1.29 bits per heavy atom. The molecular formula is C10H17NO3. The summed E-state index contributed by atoms with van der Waals surface area (Å²) < 4.78 is 16.0. The first kappa shape index (κ1) is 11.4. The van der Waals surface area contributed by atoms with Crippen LogP contribution in [0.3, 0.4) is 0 Å². The van der Waals surface area contributed by atoms with Crippen LogP contribution in [-0.2, 0) is 14.2 Å². The predicted molar refractivity (Wildman–Crippen MR) is 50.6 cm³/mol. The molecule has 1 aliphatic heterocycles. The average Bonchev–Trinajstić information content (AvgIpc) is 2.25. The van der Waals surface area contributed by atoms with Crippen molar-refractivity contribution >= 4 is 0 Å². The molecular weight excluding hydrogens is 182 g/mol. The van der Waals surface area contributed by atoms with E-state index >= 15 is 0 Å². The predicted octanol–water partition coefficient (Wildman–Crippen LogP) is 1.46. The van der Waals surface area contributed by atoms with Gasteiger partial charge in [-0.05, 0) is 19.3 Å². The maximum absolute atomic E-state index is 8.25. The van der Waals surface area contributed by atoms with E-state index in [1.54, 1.807) is 0 Å². The molecule has 0 N–H and O–H groups in total. The summed E-state index contributed by atoms with van der Waals surface area (Å²) in [4.78, 5) is 0. The van der Waals surface area contributed by atoms with Gasteiger partial charge in [-0.25, -0.2) is 0 Å². The summed E-state index contributed by atoms with van der Waals surface area (Å²) in [6.07, 6.45) is 3.71. The molecule has 0 aliphatic carbocycles. The molecule has 1 fully saturated rings. The second-order valence-corrected chi connectivity index (χ2v) is 3.19. The zero-order valence-corrected chi connectivity index (χ0v) is 8.41. The molecule has 0 amide bonds. The fourth-order valence-electron chi connectivity index (χ4n) is 1.30. The third kappa shape index (κ3) is 5.18. The van der Waals surface area contributed by atoms with E-state index < -0.39 is 0 Å². The number of nitrogens with zero attached hydrogens (tertiary/aromatic N) is 1. The van der Waals surface area contributed by atoms with Crippen molar-refractivity contribution in [2.45, 2.75) is 32.0 Å². The van der Waals surface area contributed by atoms with Gasteiger partial charge < -0.3 is 14.2 Å². The highest BCUT2D eigenvalue weighted by atomic mass is 16.7. The summed E-state index contributed by atoms with van der Waals surface area (Å²) in [5.74, 6) is 0. The fourth-order valence-corrected chi connectivity index (χ4v) is 1.30. The molecule has 0 aromatic carbocycles. The highest BCUT2D eigenvalue weighted by Crippen LogP contribution is 2.13. The molecule has 0 bridgehead atoms. The summed E-state index contributed by atoms with van der Waals surface area (Å²) in [6, 6.07) is 2.02. The molecule has 1 heterocycles. The van der Waals surface area contributed by atoms with E-state index in [1.165, 1.54) is 6.42 Å². The number of hydrogen-bond acceptors (Lipinski definition) is 4. The Balaban J connectivity index is 1.85. The monoisotopic (exact) mass is 199 g/mol. The number of rotatable bonds is 6. The van der Waals surface area contributed by atoms with Crippen LogP contribution in [0.15, 0.2) is 0 Å². The molecule has 4 heteroatoms. The van der Waals surface area contributed by atoms with Crippen LogP contribution in [0.4, 0.5) is 0 Å². The topological polar surface area (TPSA) is 51.5 Å². The first-order chi connectivity index (χ1) is 6.93. The molecule has 1 unspecified atom stereocenters. The third-order valence-corrected chi connectivity index (χ3v) is 2.03. The van der Waals surface area contributed by atoms with E-state index in [0.29, 0.717) is 26.2 Å². The van der Waals surface area contributed by atoms with Crippen LogP contribution in [-0.4, -0.2) is 32.7 Å². The Morgan fingerprint density at radius 3 is 2.93 bits per heavy atom. The van der Waals surface area contributed by atoms with Crippen molar-refractivity contribution in [1.29, 1.82) is 5.26 Å². The zero-order chi connectivity index (χ0) is 10.1. The molecule has 0 saturated carbocycles. The summed E-state index contributed by atoms with van der Waals surface area (Å²) in [5.41, 5.74) is 0.